The van der Waals surface area contributed by atoms with Crippen molar-refractivity contribution in [3.63, 3.8) is 0 Å². The molecule has 1 heterocycles. The minimum Gasteiger partial charge on any atom is -0.466 e. The van der Waals surface area contributed by atoms with Crippen molar-refractivity contribution in [2.75, 3.05) is 18.1 Å². The molecule has 6 nitrogen and oxygen atoms in total. The van der Waals surface area contributed by atoms with Gasteiger partial charge in [0, 0.05) is 30.5 Å². The number of hydrogen-bond donors (Lipinski definition) is 0. The van der Waals surface area contributed by atoms with E-state index in [4.69, 9.17) is 10.00 Å². The van der Waals surface area contributed by atoms with Crippen molar-refractivity contribution in [1.29, 1.82) is 5.26 Å². The highest BCUT2D eigenvalue weighted by Crippen LogP contribution is 2.22. The molecule has 2 aromatic rings. The van der Waals surface area contributed by atoms with Gasteiger partial charge in [-0.2, -0.15) is 5.26 Å². The number of carbonyl (C=O) groups excluding carboxylic acids is 1. The molecule has 128 valence electrons. The second-order valence-corrected chi connectivity index (χ2v) is 5.21. The summed E-state index contributed by atoms with van der Waals surface area (Å²) < 4.78 is 4.94. The predicted molar refractivity (Wildman–Crippen MR) is 95.3 cm³/mol. The van der Waals surface area contributed by atoms with Gasteiger partial charge < -0.3 is 9.64 Å². The summed E-state index contributed by atoms with van der Waals surface area (Å²) in [7, 11) is 0. The van der Waals surface area contributed by atoms with Crippen molar-refractivity contribution in [2.24, 2.45) is 0 Å². The Bertz CT molecular complexity index is 766. The second kappa shape index (κ2) is 9.18. The highest BCUT2D eigenvalue weighted by atomic mass is 16.5. The predicted octanol–water partition coefficient (Wildman–Crippen LogP) is 3.17. The van der Waals surface area contributed by atoms with E-state index in [1.54, 1.807) is 37.4 Å². The molecule has 0 spiro atoms. The summed E-state index contributed by atoms with van der Waals surface area (Å²) in [5.41, 5.74) is 2.22. The van der Waals surface area contributed by atoms with Crippen LogP contribution in [0.25, 0.3) is 0 Å². The SMILES string of the molecule is C=CCN(c1ccc(C#N)cc1)c1nccc(CCC(=O)OCC)n1. The van der Waals surface area contributed by atoms with E-state index < -0.39 is 0 Å². The Morgan fingerprint density at radius 3 is 2.76 bits per heavy atom. The van der Waals surface area contributed by atoms with Gasteiger partial charge in [0.15, 0.2) is 0 Å². The zero-order chi connectivity index (χ0) is 18.1. The Morgan fingerprint density at radius 2 is 2.12 bits per heavy atom. The topological polar surface area (TPSA) is 79.1 Å². The van der Waals surface area contributed by atoms with E-state index in [0.29, 0.717) is 31.1 Å². The van der Waals surface area contributed by atoms with Crippen molar-refractivity contribution in [2.45, 2.75) is 19.8 Å². The fourth-order valence-corrected chi connectivity index (χ4v) is 2.26. The van der Waals surface area contributed by atoms with Crippen LogP contribution in [0.1, 0.15) is 24.6 Å². The number of aryl methyl sites for hydroxylation is 1. The number of anilines is 2. The molecular weight excluding hydrogens is 316 g/mol. The fourth-order valence-electron chi connectivity index (χ4n) is 2.26. The van der Waals surface area contributed by atoms with Crippen LogP contribution >= 0.6 is 0 Å². The first kappa shape index (κ1) is 18.1. The molecule has 1 aromatic heterocycles. The normalized spacial score (nSPS) is 9.92. The molecule has 0 bridgehead atoms. The fraction of sp³-hybridized carbons (Fsp3) is 0.263. The molecule has 2 rings (SSSR count). The molecular formula is C19H20N4O2. The summed E-state index contributed by atoms with van der Waals surface area (Å²) in [6.45, 7) is 6.46. The van der Waals surface area contributed by atoms with E-state index in [9.17, 15) is 4.79 Å². The van der Waals surface area contributed by atoms with Crippen molar-refractivity contribution in [3.8, 4) is 6.07 Å². The molecule has 0 fully saturated rings. The Balaban J connectivity index is 2.20. The quantitative estimate of drug-likeness (QED) is 0.544. The molecule has 0 aliphatic carbocycles. The second-order valence-electron chi connectivity index (χ2n) is 5.21. The molecule has 25 heavy (non-hydrogen) atoms. The van der Waals surface area contributed by atoms with Gasteiger partial charge in [-0.25, -0.2) is 9.97 Å². The molecule has 0 aliphatic rings. The molecule has 0 N–H and O–H groups in total. The Hall–Kier alpha value is -3.20. The minimum absolute atomic E-state index is 0.238. The lowest BCUT2D eigenvalue weighted by Gasteiger charge is -2.21. The first-order valence-electron chi connectivity index (χ1n) is 8.04. The van der Waals surface area contributed by atoms with Crippen LogP contribution in [-0.2, 0) is 16.0 Å². The summed E-state index contributed by atoms with van der Waals surface area (Å²) >= 11 is 0. The number of carbonyl (C=O) groups is 1. The van der Waals surface area contributed by atoms with E-state index in [1.807, 2.05) is 17.0 Å². The molecule has 1 aromatic carbocycles. The van der Waals surface area contributed by atoms with Crippen molar-refractivity contribution in [3.05, 3.63) is 60.4 Å². The molecule has 0 saturated heterocycles. The van der Waals surface area contributed by atoms with Crippen LogP contribution in [0.4, 0.5) is 11.6 Å². The third-order valence-electron chi connectivity index (χ3n) is 3.45. The zero-order valence-electron chi connectivity index (χ0n) is 14.2. The number of rotatable bonds is 8. The van der Waals surface area contributed by atoms with Gasteiger partial charge in [-0.05, 0) is 37.3 Å². The molecule has 6 heteroatoms. The average molecular weight is 336 g/mol. The molecule has 0 unspecified atom stereocenters. The number of benzene rings is 1. The van der Waals surface area contributed by atoms with Crippen LogP contribution in [0.3, 0.4) is 0 Å². The van der Waals surface area contributed by atoms with Crippen LogP contribution < -0.4 is 4.90 Å². The van der Waals surface area contributed by atoms with E-state index in [2.05, 4.69) is 22.6 Å². The van der Waals surface area contributed by atoms with Crippen molar-refractivity contribution in [1.82, 2.24) is 9.97 Å². The number of nitrogens with zero attached hydrogens (tertiary/aromatic N) is 4. The smallest absolute Gasteiger partial charge is 0.306 e. The first-order chi connectivity index (χ1) is 12.2. The molecule has 0 amide bonds. The van der Waals surface area contributed by atoms with E-state index in [1.165, 1.54) is 0 Å². The largest absolute Gasteiger partial charge is 0.466 e. The van der Waals surface area contributed by atoms with Crippen LogP contribution in [0.2, 0.25) is 0 Å². The Labute approximate surface area is 147 Å². The van der Waals surface area contributed by atoms with Gasteiger partial charge in [-0.3, -0.25) is 4.79 Å². The number of nitriles is 1. The molecule has 0 atom stereocenters. The highest BCUT2D eigenvalue weighted by molar-refractivity contribution is 5.69. The highest BCUT2D eigenvalue weighted by Gasteiger charge is 2.12. The summed E-state index contributed by atoms with van der Waals surface area (Å²) in [5.74, 6) is 0.281. The zero-order valence-corrected chi connectivity index (χ0v) is 14.2. The molecule has 0 radical (unpaired) electrons. The maximum absolute atomic E-state index is 11.5. The first-order valence-corrected chi connectivity index (χ1v) is 8.04. The van der Waals surface area contributed by atoms with Crippen molar-refractivity contribution >= 4 is 17.6 Å². The van der Waals surface area contributed by atoms with Gasteiger partial charge >= 0.3 is 5.97 Å². The van der Waals surface area contributed by atoms with Gasteiger partial charge in [0.2, 0.25) is 5.95 Å². The molecule has 0 aliphatic heterocycles. The van der Waals surface area contributed by atoms with Gasteiger partial charge in [-0.1, -0.05) is 6.08 Å². The summed E-state index contributed by atoms with van der Waals surface area (Å²) in [6.07, 6.45) is 4.20. The van der Waals surface area contributed by atoms with E-state index >= 15 is 0 Å². The third-order valence-corrected chi connectivity index (χ3v) is 3.45. The summed E-state index contributed by atoms with van der Waals surface area (Å²) in [5, 5.41) is 8.92. The van der Waals surface area contributed by atoms with Crippen LogP contribution in [0.5, 0.6) is 0 Å². The lowest BCUT2D eigenvalue weighted by Crippen LogP contribution is -2.20. The van der Waals surface area contributed by atoms with E-state index in [-0.39, 0.29) is 12.4 Å². The Kier molecular flexibility index (Phi) is 6.66. The maximum Gasteiger partial charge on any atom is 0.306 e. The minimum atomic E-state index is -0.238. The lowest BCUT2D eigenvalue weighted by molar-refractivity contribution is -0.143. The molecule has 0 saturated carbocycles. The summed E-state index contributed by atoms with van der Waals surface area (Å²) in [4.78, 5) is 22.3. The maximum atomic E-state index is 11.5. The third kappa shape index (κ3) is 5.15. The van der Waals surface area contributed by atoms with Crippen LogP contribution in [0.15, 0.2) is 49.2 Å². The van der Waals surface area contributed by atoms with Crippen LogP contribution in [0, 0.1) is 11.3 Å². The number of aromatic nitrogens is 2. The number of ether oxygens (including phenoxy) is 1. The van der Waals surface area contributed by atoms with E-state index in [0.717, 1.165) is 11.4 Å². The standard InChI is InChI=1S/C19H20N4O2/c1-3-13-23(17-8-5-15(14-20)6-9-17)19-21-12-11-16(22-19)7-10-18(24)25-4-2/h3,5-6,8-9,11-12H,1,4,7,10,13H2,2H3. The van der Waals surface area contributed by atoms with Gasteiger partial charge in [-0.15, -0.1) is 6.58 Å². The number of hydrogen-bond acceptors (Lipinski definition) is 6. The monoisotopic (exact) mass is 336 g/mol. The van der Waals surface area contributed by atoms with Gasteiger partial charge in [0.1, 0.15) is 0 Å². The van der Waals surface area contributed by atoms with Gasteiger partial charge in [0.05, 0.1) is 24.7 Å². The van der Waals surface area contributed by atoms with Crippen molar-refractivity contribution < 1.29 is 9.53 Å². The van der Waals surface area contributed by atoms with Crippen LogP contribution in [-0.4, -0.2) is 29.1 Å². The summed E-state index contributed by atoms with van der Waals surface area (Å²) in [6, 6.07) is 11.1. The average Bonchev–Trinajstić information content (AvgIpc) is 2.65. The van der Waals surface area contributed by atoms with Gasteiger partial charge in [0.25, 0.3) is 0 Å². The number of esters is 1. The lowest BCUT2D eigenvalue weighted by atomic mass is 10.2. The Morgan fingerprint density at radius 1 is 1.36 bits per heavy atom.